The second-order valence-corrected chi connectivity index (χ2v) is 7.87. The molecule has 1 aromatic carbocycles. The van der Waals surface area contributed by atoms with E-state index in [9.17, 15) is 8.42 Å². The van der Waals surface area contributed by atoms with Crippen molar-refractivity contribution in [3.8, 4) is 0 Å². The maximum absolute atomic E-state index is 12.3. The molecule has 2 N–H and O–H groups in total. The molecule has 0 atom stereocenters. The van der Waals surface area contributed by atoms with E-state index >= 15 is 0 Å². The fourth-order valence-corrected chi connectivity index (χ4v) is 3.78. The second-order valence-electron chi connectivity index (χ2n) is 5.75. The molecule has 1 aliphatic heterocycles. The minimum atomic E-state index is -3.76. The van der Waals surface area contributed by atoms with Crippen LogP contribution in [0.2, 0.25) is 5.02 Å². The lowest BCUT2D eigenvalue weighted by molar-refractivity contribution is 0.0398. The second kappa shape index (κ2) is 8.63. The van der Waals surface area contributed by atoms with Gasteiger partial charge in [0.2, 0.25) is 0 Å². The predicted molar refractivity (Wildman–Crippen MR) is 100 cm³/mol. The molecule has 1 saturated heterocycles. The summed E-state index contributed by atoms with van der Waals surface area (Å²) in [4.78, 5) is 2.37. The molecule has 2 heterocycles. The number of hydrogen-bond acceptors (Lipinski definition) is 7. The molecular weight excluding hydrogens is 378 g/mol. The molecule has 0 spiro atoms. The van der Waals surface area contributed by atoms with E-state index in [4.69, 9.17) is 16.3 Å². The maximum atomic E-state index is 12.3. The van der Waals surface area contributed by atoms with Gasteiger partial charge < -0.3 is 10.1 Å². The molecule has 26 heavy (non-hydrogen) atoms. The molecule has 1 fully saturated rings. The molecule has 0 amide bonds. The largest absolute Gasteiger partial charge is 0.379 e. The van der Waals surface area contributed by atoms with E-state index in [0.717, 1.165) is 39.4 Å². The van der Waals surface area contributed by atoms with Crippen LogP contribution in [0.25, 0.3) is 0 Å². The first-order valence-electron chi connectivity index (χ1n) is 8.19. The van der Waals surface area contributed by atoms with Crippen LogP contribution < -0.4 is 10.0 Å². The van der Waals surface area contributed by atoms with Crippen molar-refractivity contribution in [2.45, 2.75) is 4.90 Å². The van der Waals surface area contributed by atoms with Crippen molar-refractivity contribution in [2.24, 2.45) is 0 Å². The highest BCUT2D eigenvalue weighted by Gasteiger charge is 2.15. The van der Waals surface area contributed by atoms with Crippen LogP contribution in [-0.2, 0) is 14.8 Å². The maximum Gasteiger partial charge on any atom is 0.263 e. The van der Waals surface area contributed by atoms with Crippen LogP contribution >= 0.6 is 11.6 Å². The minimum absolute atomic E-state index is 0.0690. The highest BCUT2D eigenvalue weighted by Crippen LogP contribution is 2.18. The van der Waals surface area contributed by atoms with E-state index in [1.54, 1.807) is 24.3 Å². The van der Waals surface area contributed by atoms with Crippen LogP contribution in [0.1, 0.15) is 0 Å². The lowest BCUT2D eigenvalue weighted by Gasteiger charge is -2.26. The van der Waals surface area contributed by atoms with Gasteiger partial charge in [0.25, 0.3) is 10.0 Å². The summed E-state index contributed by atoms with van der Waals surface area (Å²) in [6, 6.07) is 9.26. The lowest BCUT2D eigenvalue weighted by Crippen LogP contribution is -2.39. The Morgan fingerprint density at radius 1 is 1.12 bits per heavy atom. The van der Waals surface area contributed by atoms with Crippen LogP contribution in [0.5, 0.6) is 0 Å². The van der Waals surface area contributed by atoms with Crippen molar-refractivity contribution in [3.63, 3.8) is 0 Å². The van der Waals surface area contributed by atoms with Crippen molar-refractivity contribution in [2.75, 3.05) is 49.4 Å². The number of anilines is 2. The van der Waals surface area contributed by atoms with Gasteiger partial charge in [0, 0.05) is 31.2 Å². The molecule has 1 aromatic heterocycles. The Labute approximate surface area is 157 Å². The summed E-state index contributed by atoms with van der Waals surface area (Å²) in [5, 5.41) is 11.4. The monoisotopic (exact) mass is 397 g/mol. The number of benzene rings is 1. The number of hydrogen-bond donors (Lipinski definition) is 2. The van der Waals surface area contributed by atoms with Crippen LogP contribution in [0.3, 0.4) is 0 Å². The molecule has 8 nitrogen and oxygen atoms in total. The van der Waals surface area contributed by atoms with Crippen LogP contribution in [0.4, 0.5) is 11.6 Å². The third kappa shape index (κ3) is 5.28. The number of morpholine rings is 1. The molecule has 140 valence electrons. The first-order chi connectivity index (χ1) is 12.5. The molecule has 0 radical (unpaired) electrons. The topological polar surface area (TPSA) is 96.5 Å². The third-order valence-corrected chi connectivity index (χ3v) is 5.44. The molecule has 2 aromatic rings. The highest BCUT2D eigenvalue weighted by molar-refractivity contribution is 7.92. The van der Waals surface area contributed by atoms with Gasteiger partial charge in [0.15, 0.2) is 5.82 Å². The number of rotatable bonds is 7. The number of ether oxygens (including phenoxy) is 1. The predicted octanol–water partition coefficient (Wildman–Crippen LogP) is 1.67. The standard InChI is InChI=1S/C16H20ClN5O3S/c17-13-2-1-3-14(12-13)26(23,24)21-16-5-4-15(19-20-16)18-6-7-22-8-10-25-11-9-22/h1-5,12H,6-11H2,(H,18,19)(H,20,21). The molecule has 0 unspecified atom stereocenters. The van der Waals surface area contributed by atoms with E-state index < -0.39 is 10.0 Å². The zero-order chi connectivity index (χ0) is 18.4. The first-order valence-corrected chi connectivity index (χ1v) is 10.1. The first kappa shape index (κ1) is 18.8. The van der Waals surface area contributed by atoms with Gasteiger partial charge in [-0.15, -0.1) is 10.2 Å². The summed E-state index contributed by atoms with van der Waals surface area (Å²) in [5.74, 6) is 0.729. The lowest BCUT2D eigenvalue weighted by atomic mass is 10.4. The van der Waals surface area contributed by atoms with E-state index in [2.05, 4.69) is 25.1 Å². The summed E-state index contributed by atoms with van der Waals surface area (Å²) < 4.78 is 32.3. The fraction of sp³-hybridized carbons (Fsp3) is 0.375. The van der Waals surface area contributed by atoms with Gasteiger partial charge in [-0.05, 0) is 30.3 Å². The average Bonchev–Trinajstić information content (AvgIpc) is 2.64. The zero-order valence-corrected chi connectivity index (χ0v) is 15.6. The Kier molecular flexibility index (Phi) is 6.25. The number of sulfonamides is 1. The molecule has 1 aliphatic rings. The summed E-state index contributed by atoms with van der Waals surface area (Å²) in [5.41, 5.74) is 0. The van der Waals surface area contributed by atoms with Crippen molar-refractivity contribution in [1.29, 1.82) is 0 Å². The SMILES string of the molecule is O=S(=O)(Nc1ccc(NCCN2CCOCC2)nn1)c1cccc(Cl)c1. The van der Waals surface area contributed by atoms with Crippen molar-refractivity contribution >= 4 is 33.3 Å². The molecule has 10 heteroatoms. The third-order valence-electron chi connectivity index (χ3n) is 3.85. The Bertz CT molecular complexity index is 826. The molecule has 3 rings (SSSR count). The highest BCUT2D eigenvalue weighted by atomic mass is 35.5. The van der Waals surface area contributed by atoms with E-state index in [0.29, 0.717) is 10.8 Å². The van der Waals surface area contributed by atoms with Crippen LogP contribution in [-0.4, -0.2) is 62.9 Å². The van der Waals surface area contributed by atoms with Gasteiger partial charge in [0.05, 0.1) is 18.1 Å². The quantitative estimate of drug-likeness (QED) is 0.733. The van der Waals surface area contributed by atoms with E-state index in [1.807, 2.05) is 0 Å². The summed E-state index contributed by atoms with van der Waals surface area (Å²) in [6.45, 7) is 4.99. The smallest absolute Gasteiger partial charge is 0.263 e. The summed E-state index contributed by atoms with van der Waals surface area (Å²) in [6.07, 6.45) is 0. The summed E-state index contributed by atoms with van der Waals surface area (Å²) >= 11 is 5.84. The molecule has 0 saturated carbocycles. The van der Waals surface area contributed by atoms with Crippen LogP contribution in [0.15, 0.2) is 41.3 Å². The van der Waals surface area contributed by atoms with Crippen molar-refractivity contribution < 1.29 is 13.2 Å². The Morgan fingerprint density at radius 3 is 2.54 bits per heavy atom. The van der Waals surface area contributed by atoms with Gasteiger partial charge in [0.1, 0.15) is 5.82 Å². The summed E-state index contributed by atoms with van der Waals surface area (Å²) in [7, 11) is -3.76. The zero-order valence-electron chi connectivity index (χ0n) is 14.1. The Morgan fingerprint density at radius 2 is 1.85 bits per heavy atom. The van der Waals surface area contributed by atoms with Crippen LogP contribution in [0, 0.1) is 0 Å². The fourth-order valence-electron chi connectivity index (χ4n) is 2.48. The van der Waals surface area contributed by atoms with Gasteiger partial charge in [-0.25, -0.2) is 8.42 Å². The van der Waals surface area contributed by atoms with Gasteiger partial charge in [-0.3, -0.25) is 9.62 Å². The Balaban J connectivity index is 1.54. The average molecular weight is 398 g/mol. The molecule has 0 bridgehead atoms. The number of halogens is 1. The minimum Gasteiger partial charge on any atom is -0.379 e. The normalized spacial score (nSPS) is 15.6. The Hall–Kier alpha value is -1.94. The molecular formula is C16H20ClN5O3S. The van der Waals surface area contributed by atoms with E-state index in [-0.39, 0.29) is 10.7 Å². The molecule has 0 aliphatic carbocycles. The number of nitrogens with zero attached hydrogens (tertiary/aromatic N) is 3. The van der Waals surface area contributed by atoms with E-state index in [1.165, 1.54) is 12.1 Å². The van der Waals surface area contributed by atoms with Crippen molar-refractivity contribution in [3.05, 3.63) is 41.4 Å². The number of nitrogens with one attached hydrogen (secondary N) is 2. The van der Waals surface area contributed by atoms with Gasteiger partial charge >= 0.3 is 0 Å². The number of aromatic nitrogens is 2. The van der Waals surface area contributed by atoms with Crippen molar-refractivity contribution in [1.82, 2.24) is 15.1 Å². The van der Waals surface area contributed by atoms with Gasteiger partial charge in [-0.2, -0.15) is 0 Å². The van der Waals surface area contributed by atoms with Gasteiger partial charge in [-0.1, -0.05) is 17.7 Å².